The molecule has 0 heteroatoms. The van der Waals surface area contributed by atoms with Gasteiger partial charge in [-0.25, -0.2) is 0 Å². The highest BCUT2D eigenvalue weighted by molar-refractivity contribution is 5.82. The van der Waals surface area contributed by atoms with Gasteiger partial charge in [0.25, 0.3) is 0 Å². The van der Waals surface area contributed by atoms with E-state index in [4.69, 9.17) is 12.8 Å². The average Bonchev–Trinajstić information content (AvgIpc) is 3.23. The van der Waals surface area contributed by atoms with Gasteiger partial charge >= 0.3 is 0 Å². The van der Waals surface area contributed by atoms with Gasteiger partial charge in [0.1, 0.15) is 0 Å². The van der Waals surface area contributed by atoms with Crippen molar-refractivity contribution in [3.8, 4) is 114 Å². The predicted octanol–water partition coefficient (Wildman–Crippen LogP) is 13.3. The maximum atomic E-state index is 6.07. The standard InChI is InChI=1S/C52H32/c1-3-35-33-49-29-31-51(35)47-25-21-43(22-26-47)39-9-5-38(6-10-39)42-15-19-46(20-16-42)50-30-32-52(36(4-2)34-50)48-27-23-44(24-28-48)40-11-7-37(8-12-40)41-13-17-45(49)18-14-41/h1-2,5-34H. The molecule has 0 saturated heterocycles. The molecule has 0 aromatic heterocycles. The lowest BCUT2D eigenvalue weighted by atomic mass is 9.92. The fourth-order valence-electron chi connectivity index (χ4n) is 7.29. The van der Waals surface area contributed by atoms with Gasteiger partial charge in [0.2, 0.25) is 0 Å². The van der Waals surface area contributed by atoms with Crippen molar-refractivity contribution in [3.63, 3.8) is 0 Å². The Kier molecular flexibility index (Phi) is 7.71. The molecule has 16 bridgehead atoms. The normalized spacial score (nSPS) is 11.0. The van der Waals surface area contributed by atoms with E-state index in [-0.39, 0.29) is 0 Å². The van der Waals surface area contributed by atoms with Crippen molar-refractivity contribution in [3.05, 3.63) is 193 Å². The van der Waals surface area contributed by atoms with Crippen LogP contribution in [0.2, 0.25) is 0 Å². The maximum absolute atomic E-state index is 6.07. The Labute approximate surface area is 305 Å². The minimum Gasteiger partial charge on any atom is -0.115 e. The fourth-order valence-corrected chi connectivity index (χ4v) is 7.29. The largest absolute Gasteiger partial charge is 0.115 e. The molecule has 0 N–H and O–H groups in total. The summed E-state index contributed by atoms with van der Waals surface area (Å²) in [5, 5.41) is 0. The van der Waals surface area contributed by atoms with E-state index in [1.54, 1.807) is 0 Å². The van der Waals surface area contributed by atoms with Crippen molar-refractivity contribution in [2.75, 3.05) is 0 Å². The zero-order valence-electron chi connectivity index (χ0n) is 28.5. The van der Waals surface area contributed by atoms with Crippen LogP contribution >= 0.6 is 0 Å². The minimum atomic E-state index is 0.882. The van der Waals surface area contributed by atoms with Crippen LogP contribution in [-0.4, -0.2) is 0 Å². The number of benzene rings is 8. The lowest BCUT2D eigenvalue weighted by Crippen LogP contribution is -1.89. The molecule has 8 aromatic rings. The van der Waals surface area contributed by atoms with Crippen LogP contribution in [0.3, 0.4) is 0 Å². The van der Waals surface area contributed by atoms with E-state index in [9.17, 15) is 0 Å². The number of rotatable bonds is 0. The van der Waals surface area contributed by atoms with Crippen LogP contribution < -0.4 is 0 Å². The molecule has 22 aliphatic carbocycles. The summed E-state index contributed by atoms with van der Waals surface area (Å²) < 4.78 is 0. The number of hydrogen-bond acceptors (Lipinski definition) is 0. The molecule has 0 heterocycles. The molecule has 22 aliphatic rings. The Bertz CT molecular complexity index is 2470. The van der Waals surface area contributed by atoms with E-state index in [2.05, 4.69) is 194 Å². The summed E-state index contributed by atoms with van der Waals surface area (Å²) in [5.74, 6) is 5.88. The molecule has 0 unspecified atom stereocenters. The molecule has 8 aromatic carbocycles. The number of terminal acetylenes is 2. The van der Waals surface area contributed by atoms with E-state index in [1.807, 2.05) is 0 Å². The zero-order valence-corrected chi connectivity index (χ0v) is 28.5. The average molecular weight is 657 g/mol. The molecule has 0 spiro atoms. The van der Waals surface area contributed by atoms with Gasteiger partial charge in [-0.2, -0.15) is 0 Å². The molecule has 0 fully saturated rings. The molecule has 0 amide bonds. The van der Waals surface area contributed by atoms with E-state index >= 15 is 0 Å². The summed E-state index contributed by atoms with van der Waals surface area (Å²) in [7, 11) is 0. The third-order valence-corrected chi connectivity index (χ3v) is 10.3. The second-order valence-electron chi connectivity index (χ2n) is 13.3. The van der Waals surface area contributed by atoms with Gasteiger partial charge in [0.15, 0.2) is 0 Å². The van der Waals surface area contributed by atoms with Crippen LogP contribution in [-0.2, 0) is 0 Å². The van der Waals surface area contributed by atoms with Gasteiger partial charge < -0.3 is 0 Å². The summed E-state index contributed by atoms with van der Waals surface area (Å²) in [5.41, 5.74) is 19.9. The molecule has 0 aliphatic heterocycles. The van der Waals surface area contributed by atoms with Crippen molar-refractivity contribution in [2.45, 2.75) is 0 Å². The second-order valence-corrected chi connectivity index (χ2v) is 13.3. The van der Waals surface area contributed by atoms with Gasteiger partial charge in [0.05, 0.1) is 0 Å². The van der Waals surface area contributed by atoms with Crippen molar-refractivity contribution in [2.24, 2.45) is 0 Å². The highest BCUT2D eigenvalue weighted by Gasteiger charge is 2.11. The highest BCUT2D eigenvalue weighted by atomic mass is 14.1. The van der Waals surface area contributed by atoms with Gasteiger partial charge in [-0.3, -0.25) is 0 Å². The van der Waals surface area contributed by atoms with E-state index in [0.29, 0.717) is 0 Å². The minimum absolute atomic E-state index is 0.882. The zero-order chi connectivity index (χ0) is 35.0. The second kappa shape index (κ2) is 13.0. The number of hydrogen-bond donors (Lipinski definition) is 0. The molecule has 0 saturated carbocycles. The van der Waals surface area contributed by atoms with E-state index in [0.717, 1.165) is 66.8 Å². The predicted molar refractivity (Wildman–Crippen MR) is 219 cm³/mol. The lowest BCUT2D eigenvalue weighted by Gasteiger charge is -2.12. The smallest absolute Gasteiger partial charge is 0.0327 e. The maximum Gasteiger partial charge on any atom is 0.0327 e. The van der Waals surface area contributed by atoms with Gasteiger partial charge in [-0.05, 0) is 101 Å². The molecule has 30 rings (SSSR count). The van der Waals surface area contributed by atoms with Crippen LogP contribution in [0.4, 0.5) is 0 Å². The molecule has 0 nitrogen and oxygen atoms in total. The third kappa shape index (κ3) is 5.70. The van der Waals surface area contributed by atoms with Crippen molar-refractivity contribution in [1.29, 1.82) is 0 Å². The van der Waals surface area contributed by atoms with Crippen LogP contribution in [0.1, 0.15) is 11.1 Å². The van der Waals surface area contributed by atoms with Crippen LogP contribution in [0.25, 0.3) is 89.0 Å². The Morgan fingerprint density at radius 1 is 0.212 bits per heavy atom. The summed E-state index contributed by atoms with van der Waals surface area (Å²) in [4.78, 5) is 0. The van der Waals surface area contributed by atoms with Crippen molar-refractivity contribution in [1.82, 2.24) is 0 Å². The molecule has 52 heavy (non-hydrogen) atoms. The fraction of sp³-hybridized carbons (Fsp3) is 0. The first-order valence-corrected chi connectivity index (χ1v) is 17.5. The first-order chi connectivity index (χ1) is 25.6. The first kappa shape index (κ1) is 30.9. The quantitative estimate of drug-likeness (QED) is 0.143. The van der Waals surface area contributed by atoms with Gasteiger partial charge in [0, 0.05) is 11.1 Å². The molecule has 240 valence electrons. The van der Waals surface area contributed by atoms with Gasteiger partial charge in [-0.1, -0.05) is 182 Å². The summed E-state index contributed by atoms with van der Waals surface area (Å²) >= 11 is 0. The monoisotopic (exact) mass is 656 g/mol. The Morgan fingerprint density at radius 2 is 0.385 bits per heavy atom. The lowest BCUT2D eigenvalue weighted by molar-refractivity contribution is 1.54. The molecule has 0 radical (unpaired) electrons. The van der Waals surface area contributed by atoms with Gasteiger partial charge in [-0.15, -0.1) is 12.8 Å². The van der Waals surface area contributed by atoms with E-state index < -0.39 is 0 Å². The van der Waals surface area contributed by atoms with Crippen LogP contribution in [0, 0.1) is 24.7 Å². The summed E-state index contributed by atoms with van der Waals surface area (Å²) in [6.07, 6.45) is 12.1. The SMILES string of the molecule is C#Cc1cc2ccc1-c1ccc(cc1)-c1ccc(cc1)-c1ccc(cc1)-c1ccc(c(C#C)c1)-c1ccc(cc1)-c1ccc(cc1)-c1ccc-2cc1. The summed E-state index contributed by atoms with van der Waals surface area (Å²) in [6, 6.07) is 65.1. The summed E-state index contributed by atoms with van der Waals surface area (Å²) in [6.45, 7) is 0. The van der Waals surface area contributed by atoms with E-state index in [1.165, 1.54) is 33.4 Å². The molecular formula is C52H32. The highest BCUT2D eigenvalue weighted by Crippen LogP contribution is 2.35. The Balaban J connectivity index is 1.12. The van der Waals surface area contributed by atoms with Crippen LogP contribution in [0.5, 0.6) is 0 Å². The Hall–Kier alpha value is -7.12. The van der Waals surface area contributed by atoms with Crippen LogP contribution in [0.15, 0.2) is 182 Å². The first-order valence-electron chi connectivity index (χ1n) is 17.5. The third-order valence-electron chi connectivity index (χ3n) is 10.3. The topological polar surface area (TPSA) is 0 Å². The van der Waals surface area contributed by atoms with Crippen molar-refractivity contribution >= 4 is 0 Å². The Morgan fingerprint density at radius 3 is 0.596 bits per heavy atom. The molecule has 0 atom stereocenters. The van der Waals surface area contributed by atoms with Crippen molar-refractivity contribution < 1.29 is 0 Å². The molecular weight excluding hydrogens is 625 g/mol.